The molecule has 3 heteroatoms. The first-order chi connectivity index (χ1) is 6.15. The molecule has 0 N–H and O–H groups in total. The third-order valence-corrected chi connectivity index (χ3v) is 3.13. The predicted octanol–water partition coefficient (Wildman–Crippen LogP) is 1.40. The highest BCUT2D eigenvalue weighted by molar-refractivity contribution is 5.10. The van der Waals surface area contributed by atoms with E-state index in [4.69, 9.17) is 4.74 Å². The Morgan fingerprint density at radius 3 is 2.38 bits per heavy atom. The highest BCUT2D eigenvalue weighted by Crippen LogP contribution is 2.25. The Morgan fingerprint density at radius 1 is 1.46 bits per heavy atom. The molecule has 0 aliphatic carbocycles. The number of hydrogen-bond acceptors (Lipinski definition) is 3. The van der Waals surface area contributed by atoms with Gasteiger partial charge >= 0.3 is 0 Å². The van der Waals surface area contributed by atoms with Gasteiger partial charge in [0.05, 0.1) is 12.2 Å². The van der Waals surface area contributed by atoms with E-state index in [0.717, 1.165) is 13.1 Å². The maximum absolute atomic E-state index is 9.18. The predicted molar refractivity (Wildman–Crippen MR) is 51.3 cm³/mol. The molecule has 3 nitrogen and oxygen atoms in total. The minimum absolute atomic E-state index is 0.0319. The van der Waals surface area contributed by atoms with Gasteiger partial charge in [0.25, 0.3) is 0 Å². The third-order valence-electron chi connectivity index (χ3n) is 3.13. The zero-order valence-corrected chi connectivity index (χ0v) is 8.71. The number of hydrogen-bond donors (Lipinski definition) is 0. The number of methoxy groups -OCH3 is 1. The van der Waals surface area contributed by atoms with Crippen LogP contribution in [0.4, 0.5) is 0 Å². The number of likely N-dealkylation sites (tertiary alicyclic amines) is 1. The van der Waals surface area contributed by atoms with Crippen LogP contribution in [0.1, 0.15) is 26.7 Å². The molecule has 1 heterocycles. The zero-order chi connectivity index (χ0) is 9.90. The van der Waals surface area contributed by atoms with Crippen LogP contribution in [0.15, 0.2) is 0 Å². The second kappa shape index (κ2) is 4.08. The Kier molecular flexibility index (Phi) is 3.29. The lowest BCUT2D eigenvalue weighted by Crippen LogP contribution is -2.52. The van der Waals surface area contributed by atoms with Crippen molar-refractivity contribution in [3.63, 3.8) is 0 Å². The number of ether oxygens (including phenoxy) is 1. The maximum Gasteiger partial charge on any atom is 0.132 e. The van der Waals surface area contributed by atoms with E-state index in [1.54, 1.807) is 7.11 Å². The van der Waals surface area contributed by atoms with E-state index in [1.165, 1.54) is 12.8 Å². The molecule has 2 atom stereocenters. The van der Waals surface area contributed by atoms with Gasteiger partial charge in [0.2, 0.25) is 0 Å². The van der Waals surface area contributed by atoms with Gasteiger partial charge in [-0.15, -0.1) is 0 Å². The van der Waals surface area contributed by atoms with Crippen molar-refractivity contribution in [2.24, 2.45) is 0 Å². The molecule has 0 aromatic carbocycles. The molecule has 1 fully saturated rings. The quantitative estimate of drug-likeness (QED) is 0.662. The summed E-state index contributed by atoms with van der Waals surface area (Å²) in [6, 6.07) is 2.37. The van der Waals surface area contributed by atoms with Crippen molar-refractivity contribution in [1.29, 1.82) is 5.26 Å². The Hall–Kier alpha value is -0.590. The summed E-state index contributed by atoms with van der Waals surface area (Å²) in [5, 5.41) is 9.18. The monoisotopic (exact) mass is 182 g/mol. The van der Waals surface area contributed by atoms with Gasteiger partial charge in [-0.25, -0.2) is 0 Å². The lowest BCUT2D eigenvalue weighted by Gasteiger charge is -2.36. The van der Waals surface area contributed by atoms with E-state index in [0.29, 0.717) is 0 Å². The van der Waals surface area contributed by atoms with Crippen LogP contribution in [0.2, 0.25) is 0 Å². The summed E-state index contributed by atoms with van der Waals surface area (Å²) in [5.41, 5.74) is -0.453. The van der Waals surface area contributed by atoms with Crippen molar-refractivity contribution in [2.75, 3.05) is 20.2 Å². The van der Waals surface area contributed by atoms with Gasteiger partial charge in [0, 0.05) is 7.11 Å². The SMILES string of the molecule is COC(C)C(C)(C#N)N1CCCC1. The summed E-state index contributed by atoms with van der Waals surface area (Å²) in [4.78, 5) is 2.22. The summed E-state index contributed by atoms with van der Waals surface area (Å²) >= 11 is 0. The minimum Gasteiger partial charge on any atom is -0.379 e. The normalized spacial score (nSPS) is 25.1. The zero-order valence-electron chi connectivity index (χ0n) is 8.71. The molecule has 0 aromatic heterocycles. The Bertz CT molecular complexity index is 205. The fourth-order valence-electron chi connectivity index (χ4n) is 1.83. The molecular weight excluding hydrogens is 164 g/mol. The average molecular weight is 182 g/mol. The van der Waals surface area contributed by atoms with Crippen LogP contribution >= 0.6 is 0 Å². The van der Waals surface area contributed by atoms with E-state index in [9.17, 15) is 5.26 Å². The van der Waals surface area contributed by atoms with Gasteiger partial charge in [0.15, 0.2) is 0 Å². The molecule has 13 heavy (non-hydrogen) atoms. The molecule has 1 saturated heterocycles. The molecule has 0 bridgehead atoms. The topological polar surface area (TPSA) is 36.3 Å². The molecular formula is C10H18N2O. The summed E-state index contributed by atoms with van der Waals surface area (Å²) in [6.07, 6.45) is 2.37. The van der Waals surface area contributed by atoms with Gasteiger partial charge in [-0.05, 0) is 39.8 Å². The summed E-state index contributed by atoms with van der Waals surface area (Å²) in [5.74, 6) is 0. The summed E-state index contributed by atoms with van der Waals surface area (Å²) in [7, 11) is 1.66. The van der Waals surface area contributed by atoms with Crippen LogP contribution in [0.5, 0.6) is 0 Å². The van der Waals surface area contributed by atoms with E-state index in [-0.39, 0.29) is 6.10 Å². The van der Waals surface area contributed by atoms with E-state index in [1.807, 2.05) is 13.8 Å². The molecule has 0 aromatic rings. The van der Waals surface area contributed by atoms with Crippen LogP contribution in [0, 0.1) is 11.3 Å². The van der Waals surface area contributed by atoms with E-state index in [2.05, 4.69) is 11.0 Å². The fourth-order valence-corrected chi connectivity index (χ4v) is 1.83. The Labute approximate surface area is 80.3 Å². The molecule has 0 amide bonds. The molecule has 0 radical (unpaired) electrons. The molecule has 1 aliphatic heterocycles. The number of nitriles is 1. The summed E-state index contributed by atoms with van der Waals surface area (Å²) < 4.78 is 5.25. The second-order valence-electron chi connectivity index (χ2n) is 3.83. The maximum atomic E-state index is 9.18. The molecule has 74 valence electrons. The molecule has 1 aliphatic rings. The van der Waals surface area contributed by atoms with Crippen LogP contribution in [0.3, 0.4) is 0 Å². The Balaban J connectivity index is 2.74. The van der Waals surface area contributed by atoms with Crippen molar-refractivity contribution < 1.29 is 4.74 Å². The number of rotatable bonds is 3. The van der Waals surface area contributed by atoms with E-state index < -0.39 is 5.54 Å². The molecule has 0 saturated carbocycles. The van der Waals surface area contributed by atoms with Crippen LogP contribution < -0.4 is 0 Å². The molecule has 2 unspecified atom stereocenters. The largest absolute Gasteiger partial charge is 0.379 e. The van der Waals surface area contributed by atoms with E-state index >= 15 is 0 Å². The first-order valence-electron chi connectivity index (χ1n) is 4.84. The van der Waals surface area contributed by atoms with Crippen molar-refractivity contribution in [1.82, 2.24) is 4.90 Å². The summed E-state index contributed by atoms with van der Waals surface area (Å²) in [6.45, 7) is 5.98. The lowest BCUT2D eigenvalue weighted by molar-refractivity contribution is 0.00599. The number of nitrogens with zero attached hydrogens (tertiary/aromatic N) is 2. The fraction of sp³-hybridized carbons (Fsp3) is 0.900. The van der Waals surface area contributed by atoms with Crippen LogP contribution in [-0.2, 0) is 4.74 Å². The van der Waals surface area contributed by atoms with Gasteiger partial charge in [-0.2, -0.15) is 5.26 Å². The second-order valence-corrected chi connectivity index (χ2v) is 3.83. The van der Waals surface area contributed by atoms with Crippen LogP contribution in [0.25, 0.3) is 0 Å². The minimum atomic E-state index is -0.453. The van der Waals surface area contributed by atoms with Gasteiger partial charge in [0.1, 0.15) is 5.54 Å². The van der Waals surface area contributed by atoms with Crippen molar-refractivity contribution in [3.8, 4) is 6.07 Å². The van der Waals surface area contributed by atoms with Crippen molar-refractivity contribution >= 4 is 0 Å². The smallest absolute Gasteiger partial charge is 0.132 e. The third kappa shape index (κ3) is 1.84. The Morgan fingerprint density at radius 2 is 2.00 bits per heavy atom. The highest BCUT2D eigenvalue weighted by atomic mass is 16.5. The van der Waals surface area contributed by atoms with Crippen molar-refractivity contribution in [2.45, 2.75) is 38.3 Å². The average Bonchev–Trinajstić information content (AvgIpc) is 2.68. The molecule has 1 rings (SSSR count). The standard InChI is InChI=1S/C10H18N2O/c1-9(13-3)10(2,8-11)12-6-4-5-7-12/h9H,4-7H2,1-3H3. The first kappa shape index (κ1) is 10.5. The highest BCUT2D eigenvalue weighted by Gasteiger charge is 2.39. The van der Waals surface area contributed by atoms with Crippen LogP contribution in [-0.4, -0.2) is 36.7 Å². The lowest BCUT2D eigenvalue weighted by atomic mass is 9.96. The molecule has 0 spiro atoms. The van der Waals surface area contributed by atoms with Gasteiger partial charge < -0.3 is 4.74 Å². The first-order valence-corrected chi connectivity index (χ1v) is 4.84. The van der Waals surface area contributed by atoms with Gasteiger partial charge in [-0.1, -0.05) is 0 Å². The van der Waals surface area contributed by atoms with Gasteiger partial charge in [-0.3, -0.25) is 4.90 Å². The van der Waals surface area contributed by atoms with Crippen molar-refractivity contribution in [3.05, 3.63) is 0 Å².